The van der Waals surface area contributed by atoms with Crippen LogP contribution in [-0.2, 0) is 6.42 Å². The van der Waals surface area contributed by atoms with Gasteiger partial charge in [-0.1, -0.05) is 24.3 Å². The SMILES string of the molecule is Cc1cccc(OCCNC(=O)Nc2ccc(CC#N)cc2)c1. The van der Waals surface area contributed by atoms with Crippen molar-refractivity contribution in [2.75, 3.05) is 18.5 Å². The minimum atomic E-state index is -0.286. The lowest BCUT2D eigenvalue weighted by molar-refractivity contribution is 0.247. The molecule has 2 aromatic carbocycles. The van der Waals surface area contributed by atoms with Crippen molar-refractivity contribution in [1.29, 1.82) is 5.26 Å². The summed E-state index contributed by atoms with van der Waals surface area (Å²) in [5.74, 6) is 0.792. The van der Waals surface area contributed by atoms with Gasteiger partial charge in [0.2, 0.25) is 0 Å². The number of anilines is 1. The summed E-state index contributed by atoms with van der Waals surface area (Å²) in [4.78, 5) is 11.8. The highest BCUT2D eigenvalue weighted by molar-refractivity contribution is 5.89. The van der Waals surface area contributed by atoms with Crippen LogP contribution in [0, 0.1) is 18.3 Å². The Hall–Kier alpha value is -3.00. The molecule has 0 saturated heterocycles. The Morgan fingerprint density at radius 3 is 2.70 bits per heavy atom. The number of urea groups is 1. The van der Waals surface area contributed by atoms with Gasteiger partial charge in [0.05, 0.1) is 19.0 Å². The smallest absolute Gasteiger partial charge is 0.319 e. The molecule has 0 aromatic heterocycles. The molecule has 5 heteroatoms. The second-order valence-corrected chi connectivity index (χ2v) is 5.08. The van der Waals surface area contributed by atoms with Crippen LogP contribution in [0.1, 0.15) is 11.1 Å². The number of hydrogen-bond acceptors (Lipinski definition) is 3. The fourth-order valence-corrected chi connectivity index (χ4v) is 2.01. The average molecular weight is 309 g/mol. The van der Waals surface area contributed by atoms with E-state index in [0.29, 0.717) is 25.3 Å². The molecule has 2 rings (SSSR count). The highest BCUT2D eigenvalue weighted by atomic mass is 16.5. The normalized spacial score (nSPS) is 9.74. The second kappa shape index (κ2) is 8.44. The third kappa shape index (κ3) is 5.71. The van der Waals surface area contributed by atoms with Gasteiger partial charge in [0, 0.05) is 5.69 Å². The number of ether oxygens (including phenoxy) is 1. The Morgan fingerprint density at radius 1 is 1.22 bits per heavy atom. The quantitative estimate of drug-likeness (QED) is 0.804. The van der Waals surface area contributed by atoms with Gasteiger partial charge in [-0.15, -0.1) is 0 Å². The maximum atomic E-state index is 11.8. The molecule has 0 radical (unpaired) electrons. The predicted octanol–water partition coefficient (Wildman–Crippen LogP) is 3.26. The van der Waals surface area contributed by atoms with Crippen molar-refractivity contribution in [3.8, 4) is 11.8 Å². The van der Waals surface area contributed by atoms with Crippen molar-refractivity contribution in [2.45, 2.75) is 13.3 Å². The molecule has 0 bridgehead atoms. The minimum absolute atomic E-state index is 0.286. The Labute approximate surface area is 135 Å². The van der Waals surface area contributed by atoms with Crippen molar-refractivity contribution in [1.82, 2.24) is 5.32 Å². The fraction of sp³-hybridized carbons (Fsp3) is 0.222. The van der Waals surface area contributed by atoms with E-state index in [9.17, 15) is 4.79 Å². The van der Waals surface area contributed by atoms with E-state index in [1.165, 1.54) is 0 Å². The van der Waals surface area contributed by atoms with Gasteiger partial charge in [0.15, 0.2) is 0 Å². The largest absolute Gasteiger partial charge is 0.492 e. The topological polar surface area (TPSA) is 74.2 Å². The van der Waals surface area contributed by atoms with Gasteiger partial charge in [-0.3, -0.25) is 0 Å². The molecule has 0 heterocycles. The zero-order valence-corrected chi connectivity index (χ0v) is 13.0. The molecular weight excluding hydrogens is 290 g/mol. The van der Waals surface area contributed by atoms with Gasteiger partial charge in [-0.2, -0.15) is 5.26 Å². The number of carbonyl (C=O) groups excluding carboxylic acids is 1. The van der Waals surface area contributed by atoms with E-state index in [4.69, 9.17) is 10.00 Å². The number of rotatable bonds is 6. The van der Waals surface area contributed by atoms with Crippen molar-refractivity contribution in [3.63, 3.8) is 0 Å². The Morgan fingerprint density at radius 2 is 2.00 bits per heavy atom. The lowest BCUT2D eigenvalue weighted by atomic mass is 10.1. The molecule has 0 aliphatic rings. The number of nitrogens with zero attached hydrogens (tertiary/aromatic N) is 1. The summed E-state index contributed by atoms with van der Waals surface area (Å²) in [7, 11) is 0. The van der Waals surface area contributed by atoms with Crippen LogP contribution in [0.5, 0.6) is 5.75 Å². The third-order valence-electron chi connectivity index (χ3n) is 3.14. The van der Waals surface area contributed by atoms with Gasteiger partial charge in [0.25, 0.3) is 0 Å². The van der Waals surface area contributed by atoms with Crippen LogP contribution in [0.3, 0.4) is 0 Å². The lowest BCUT2D eigenvalue weighted by Gasteiger charge is -2.09. The minimum Gasteiger partial charge on any atom is -0.492 e. The second-order valence-electron chi connectivity index (χ2n) is 5.08. The van der Waals surface area contributed by atoms with Crippen LogP contribution in [0.25, 0.3) is 0 Å². The van der Waals surface area contributed by atoms with Gasteiger partial charge < -0.3 is 15.4 Å². The summed E-state index contributed by atoms with van der Waals surface area (Å²) in [5, 5.41) is 14.1. The monoisotopic (exact) mass is 309 g/mol. The highest BCUT2D eigenvalue weighted by Crippen LogP contribution is 2.12. The van der Waals surface area contributed by atoms with Gasteiger partial charge in [-0.05, 0) is 42.3 Å². The van der Waals surface area contributed by atoms with Gasteiger partial charge >= 0.3 is 6.03 Å². The van der Waals surface area contributed by atoms with Crippen LogP contribution < -0.4 is 15.4 Å². The zero-order chi connectivity index (χ0) is 16.5. The van der Waals surface area contributed by atoms with E-state index in [1.807, 2.05) is 43.3 Å². The number of nitriles is 1. The third-order valence-corrected chi connectivity index (χ3v) is 3.14. The lowest BCUT2D eigenvalue weighted by Crippen LogP contribution is -2.32. The predicted molar refractivity (Wildman–Crippen MR) is 89.5 cm³/mol. The first-order valence-electron chi connectivity index (χ1n) is 7.37. The molecule has 0 aliphatic carbocycles. The number of carbonyl (C=O) groups is 1. The molecule has 2 amide bonds. The maximum Gasteiger partial charge on any atom is 0.319 e. The highest BCUT2D eigenvalue weighted by Gasteiger charge is 2.01. The van der Waals surface area contributed by atoms with E-state index >= 15 is 0 Å². The van der Waals surface area contributed by atoms with E-state index < -0.39 is 0 Å². The van der Waals surface area contributed by atoms with Crippen LogP contribution in [-0.4, -0.2) is 19.2 Å². The van der Waals surface area contributed by atoms with Crippen molar-refractivity contribution in [3.05, 3.63) is 59.7 Å². The summed E-state index contributed by atoms with van der Waals surface area (Å²) in [6, 6.07) is 16.7. The van der Waals surface area contributed by atoms with E-state index in [1.54, 1.807) is 12.1 Å². The van der Waals surface area contributed by atoms with E-state index in [0.717, 1.165) is 16.9 Å². The number of amides is 2. The molecule has 0 fully saturated rings. The van der Waals surface area contributed by atoms with E-state index in [2.05, 4.69) is 16.7 Å². The molecule has 5 nitrogen and oxygen atoms in total. The molecule has 0 atom stereocenters. The molecule has 23 heavy (non-hydrogen) atoms. The van der Waals surface area contributed by atoms with Crippen LogP contribution in [0.15, 0.2) is 48.5 Å². The van der Waals surface area contributed by atoms with Crippen molar-refractivity contribution in [2.24, 2.45) is 0 Å². The summed E-state index contributed by atoms with van der Waals surface area (Å²) in [6.07, 6.45) is 0.364. The Balaban J connectivity index is 1.69. The molecule has 0 saturated carbocycles. The number of aryl methyl sites for hydroxylation is 1. The van der Waals surface area contributed by atoms with Crippen LogP contribution >= 0.6 is 0 Å². The molecule has 2 aromatic rings. The summed E-state index contributed by atoms with van der Waals surface area (Å²) < 4.78 is 5.56. The number of hydrogen-bond donors (Lipinski definition) is 2. The van der Waals surface area contributed by atoms with Crippen LogP contribution in [0.2, 0.25) is 0 Å². The summed E-state index contributed by atoms with van der Waals surface area (Å²) in [5.41, 5.74) is 2.74. The Kier molecular flexibility index (Phi) is 6.01. The molecule has 0 aliphatic heterocycles. The molecule has 0 spiro atoms. The fourth-order valence-electron chi connectivity index (χ4n) is 2.01. The average Bonchev–Trinajstić information content (AvgIpc) is 2.54. The number of benzene rings is 2. The maximum absolute atomic E-state index is 11.8. The first kappa shape index (κ1) is 16.4. The first-order chi connectivity index (χ1) is 11.2. The molecule has 0 unspecified atom stereocenters. The van der Waals surface area contributed by atoms with Crippen LogP contribution in [0.4, 0.5) is 10.5 Å². The zero-order valence-electron chi connectivity index (χ0n) is 13.0. The molecule has 2 N–H and O–H groups in total. The standard InChI is InChI=1S/C18H19N3O2/c1-14-3-2-4-17(13-14)23-12-11-20-18(22)21-16-7-5-15(6-8-16)9-10-19/h2-8,13H,9,11-12H2,1H3,(H2,20,21,22). The summed E-state index contributed by atoms with van der Waals surface area (Å²) >= 11 is 0. The molecular formula is C18H19N3O2. The number of nitrogens with one attached hydrogen (secondary N) is 2. The first-order valence-corrected chi connectivity index (χ1v) is 7.37. The van der Waals surface area contributed by atoms with Crippen molar-refractivity contribution < 1.29 is 9.53 Å². The van der Waals surface area contributed by atoms with Gasteiger partial charge in [-0.25, -0.2) is 4.79 Å². The van der Waals surface area contributed by atoms with Gasteiger partial charge in [0.1, 0.15) is 12.4 Å². The summed E-state index contributed by atoms with van der Waals surface area (Å²) in [6.45, 7) is 2.81. The molecule has 118 valence electrons. The van der Waals surface area contributed by atoms with Crippen molar-refractivity contribution >= 4 is 11.7 Å². The van der Waals surface area contributed by atoms with E-state index in [-0.39, 0.29) is 6.03 Å². The Bertz CT molecular complexity index is 690.